The maximum absolute atomic E-state index is 12.8. The van der Waals surface area contributed by atoms with Crippen molar-refractivity contribution in [3.05, 3.63) is 71.3 Å². The van der Waals surface area contributed by atoms with Gasteiger partial charge in [0.15, 0.2) is 11.6 Å². The van der Waals surface area contributed by atoms with Gasteiger partial charge in [0.05, 0.1) is 0 Å². The lowest BCUT2D eigenvalue weighted by molar-refractivity contribution is 0.0906. The number of carbonyl (C=O) groups excluding carboxylic acids is 2. The summed E-state index contributed by atoms with van der Waals surface area (Å²) in [6.07, 6.45) is 0. The zero-order valence-corrected chi connectivity index (χ0v) is 11.7. The van der Waals surface area contributed by atoms with Crippen LogP contribution in [0.3, 0.4) is 0 Å². The molecule has 5 heteroatoms. The maximum atomic E-state index is 12.8. The Labute approximate surface area is 122 Å². The monoisotopic (exact) mass is 338 g/mol. The topological polar surface area (TPSA) is 34.1 Å². The summed E-state index contributed by atoms with van der Waals surface area (Å²) in [5.74, 6) is -1.87. The third-order valence-corrected chi connectivity index (χ3v) is 3.55. The SMILES string of the molecule is O=C(c1ccc(F)cc1)C(Br)C(=O)c1ccc(F)cc1. The van der Waals surface area contributed by atoms with E-state index in [1.807, 2.05) is 0 Å². The van der Waals surface area contributed by atoms with E-state index in [1.54, 1.807) is 0 Å². The minimum Gasteiger partial charge on any atom is -0.292 e. The predicted octanol–water partition coefficient (Wildman–Crippen LogP) is 3.79. The molecule has 20 heavy (non-hydrogen) atoms. The van der Waals surface area contributed by atoms with E-state index in [2.05, 4.69) is 15.9 Å². The van der Waals surface area contributed by atoms with Crippen LogP contribution in [-0.4, -0.2) is 16.4 Å². The van der Waals surface area contributed by atoms with Crippen molar-refractivity contribution < 1.29 is 18.4 Å². The Bertz CT molecular complexity index is 578. The Balaban J connectivity index is 2.20. The van der Waals surface area contributed by atoms with Crippen molar-refractivity contribution in [2.45, 2.75) is 4.83 Å². The molecule has 102 valence electrons. The quantitative estimate of drug-likeness (QED) is 0.482. The lowest BCUT2D eigenvalue weighted by Crippen LogP contribution is -2.24. The van der Waals surface area contributed by atoms with Crippen molar-refractivity contribution in [3.63, 3.8) is 0 Å². The average molecular weight is 339 g/mol. The van der Waals surface area contributed by atoms with Gasteiger partial charge in [-0.2, -0.15) is 0 Å². The van der Waals surface area contributed by atoms with Crippen LogP contribution in [0.2, 0.25) is 0 Å². The van der Waals surface area contributed by atoms with Crippen LogP contribution in [0, 0.1) is 11.6 Å². The van der Waals surface area contributed by atoms with Crippen molar-refractivity contribution in [1.82, 2.24) is 0 Å². The number of alkyl halides is 1. The van der Waals surface area contributed by atoms with Gasteiger partial charge in [-0.1, -0.05) is 15.9 Å². The number of benzene rings is 2. The molecule has 0 amide bonds. The minimum atomic E-state index is -1.08. The van der Waals surface area contributed by atoms with Gasteiger partial charge in [0.2, 0.25) is 0 Å². The van der Waals surface area contributed by atoms with Gasteiger partial charge in [0.1, 0.15) is 16.5 Å². The standard InChI is InChI=1S/C15H9BrF2O2/c16-13(14(19)9-1-5-11(17)6-2-9)15(20)10-3-7-12(18)8-4-10/h1-8,13H. The summed E-state index contributed by atoms with van der Waals surface area (Å²) in [5.41, 5.74) is 0.451. The fraction of sp³-hybridized carbons (Fsp3) is 0.0667. The second kappa shape index (κ2) is 6.05. The number of halogens is 3. The number of hydrogen-bond acceptors (Lipinski definition) is 2. The Morgan fingerprint density at radius 1 is 0.750 bits per heavy atom. The van der Waals surface area contributed by atoms with E-state index in [0.29, 0.717) is 0 Å². The van der Waals surface area contributed by atoms with E-state index in [9.17, 15) is 18.4 Å². The van der Waals surface area contributed by atoms with E-state index >= 15 is 0 Å². The molecule has 0 aromatic heterocycles. The van der Waals surface area contributed by atoms with Crippen molar-refractivity contribution >= 4 is 27.5 Å². The smallest absolute Gasteiger partial charge is 0.184 e. The molecule has 0 spiro atoms. The molecule has 0 radical (unpaired) electrons. The van der Waals surface area contributed by atoms with Crippen LogP contribution in [0.25, 0.3) is 0 Å². The maximum Gasteiger partial charge on any atom is 0.184 e. The number of carbonyl (C=O) groups is 2. The highest BCUT2D eigenvalue weighted by Gasteiger charge is 2.25. The lowest BCUT2D eigenvalue weighted by atomic mass is 10.0. The normalized spacial score (nSPS) is 10.6. The molecule has 2 aromatic carbocycles. The summed E-state index contributed by atoms with van der Waals surface area (Å²) in [4.78, 5) is 23.1. The first-order chi connectivity index (χ1) is 9.49. The Morgan fingerprint density at radius 2 is 1.05 bits per heavy atom. The number of ketones is 2. The highest BCUT2D eigenvalue weighted by atomic mass is 79.9. The van der Waals surface area contributed by atoms with E-state index in [4.69, 9.17) is 0 Å². The van der Waals surface area contributed by atoms with Gasteiger partial charge in [-0.3, -0.25) is 9.59 Å². The molecule has 0 saturated heterocycles. The van der Waals surface area contributed by atoms with Crippen LogP contribution in [-0.2, 0) is 0 Å². The lowest BCUT2D eigenvalue weighted by Gasteiger charge is -2.08. The molecular weight excluding hydrogens is 330 g/mol. The third kappa shape index (κ3) is 3.17. The zero-order valence-electron chi connectivity index (χ0n) is 10.1. The van der Waals surface area contributed by atoms with Gasteiger partial charge in [-0.15, -0.1) is 0 Å². The van der Waals surface area contributed by atoms with Gasteiger partial charge in [0, 0.05) is 11.1 Å². The molecule has 0 atom stereocenters. The molecule has 0 unspecified atom stereocenters. The molecule has 0 bridgehead atoms. The number of hydrogen-bond donors (Lipinski definition) is 0. The van der Waals surface area contributed by atoms with Crippen LogP contribution in [0.4, 0.5) is 8.78 Å². The number of Topliss-reactive ketones (excluding diaryl/α,β-unsaturated/α-hetero) is 2. The van der Waals surface area contributed by atoms with Gasteiger partial charge in [-0.25, -0.2) is 8.78 Å². The fourth-order valence-electron chi connectivity index (χ4n) is 1.64. The van der Waals surface area contributed by atoms with E-state index < -0.39 is 28.0 Å². The molecule has 0 heterocycles. The summed E-state index contributed by atoms with van der Waals surface area (Å²) < 4.78 is 25.6. The largest absolute Gasteiger partial charge is 0.292 e. The van der Waals surface area contributed by atoms with Crippen molar-refractivity contribution in [1.29, 1.82) is 0 Å². The Hall–Kier alpha value is -1.88. The van der Waals surface area contributed by atoms with Gasteiger partial charge < -0.3 is 0 Å². The molecular formula is C15H9BrF2O2. The number of rotatable bonds is 4. The van der Waals surface area contributed by atoms with Gasteiger partial charge in [-0.05, 0) is 48.5 Å². The van der Waals surface area contributed by atoms with Gasteiger partial charge in [0.25, 0.3) is 0 Å². The molecule has 0 saturated carbocycles. The Kier molecular flexibility index (Phi) is 4.39. The summed E-state index contributed by atoms with van der Waals surface area (Å²) in [6, 6.07) is 9.83. The van der Waals surface area contributed by atoms with E-state index in [-0.39, 0.29) is 11.1 Å². The summed E-state index contributed by atoms with van der Waals surface area (Å²) >= 11 is 3.03. The molecule has 2 rings (SSSR count). The van der Waals surface area contributed by atoms with Crippen LogP contribution < -0.4 is 0 Å². The molecule has 0 N–H and O–H groups in total. The average Bonchev–Trinajstić information content (AvgIpc) is 2.46. The second-order valence-corrected chi connectivity index (χ2v) is 5.02. The van der Waals surface area contributed by atoms with Crippen molar-refractivity contribution in [2.75, 3.05) is 0 Å². The highest BCUT2D eigenvalue weighted by Crippen LogP contribution is 2.17. The van der Waals surface area contributed by atoms with Crippen molar-refractivity contribution in [3.8, 4) is 0 Å². The predicted molar refractivity (Wildman–Crippen MR) is 74.2 cm³/mol. The fourth-order valence-corrected chi connectivity index (χ4v) is 2.17. The molecule has 2 aromatic rings. The third-order valence-electron chi connectivity index (χ3n) is 2.72. The van der Waals surface area contributed by atoms with Crippen LogP contribution in [0.15, 0.2) is 48.5 Å². The summed E-state index contributed by atoms with van der Waals surface area (Å²) in [5, 5.41) is 0. The van der Waals surface area contributed by atoms with Crippen LogP contribution in [0.5, 0.6) is 0 Å². The minimum absolute atomic E-state index is 0.226. The van der Waals surface area contributed by atoms with Crippen LogP contribution >= 0.6 is 15.9 Å². The second-order valence-electron chi connectivity index (χ2n) is 4.10. The van der Waals surface area contributed by atoms with Crippen LogP contribution in [0.1, 0.15) is 20.7 Å². The molecule has 0 aliphatic heterocycles. The first-order valence-corrected chi connectivity index (χ1v) is 6.64. The molecule has 0 fully saturated rings. The first kappa shape index (κ1) is 14.5. The molecule has 0 aliphatic rings. The van der Waals surface area contributed by atoms with E-state index in [0.717, 1.165) is 24.3 Å². The van der Waals surface area contributed by atoms with E-state index in [1.165, 1.54) is 24.3 Å². The first-order valence-electron chi connectivity index (χ1n) is 5.72. The zero-order chi connectivity index (χ0) is 14.7. The summed E-state index contributed by atoms with van der Waals surface area (Å²) in [7, 11) is 0. The molecule has 2 nitrogen and oxygen atoms in total. The van der Waals surface area contributed by atoms with Gasteiger partial charge >= 0.3 is 0 Å². The Morgan fingerprint density at radius 3 is 1.35 bits per heavy atom. The van der Waals surface area contributed by atoms with Crippen molar-refractivity contribution in [2.24, 2.45) is 0 Å². The highest BCUT2D eigenvalue weighted by molar-refractivity contribution is 9.10. The molecule has 0 aliphatic carbocycles. The summed E-state index contributed by atoms with van der Waals surface area (Å²) in [6.45, 7) is 0.